The predicted octanol–water partition coefficient (Wildman–Crippen LogP) is 2.90. The lowest BCUT2D eigenvalue weighted by molar-refractivity contribution is -0.124. The molecule has 0 spiro atoms. The van der Waals surface area contributed by atoms with Gasteiger partial charge in [0, 0.05) is 35.7 Å². The summed E-state index contributed by atoms with van der Waals surface area (Å²) in [5, 5.41) is 16.2. The second-order valence-corrected chi connectivity index (χ2v) is 8.08. The molecule has 2 aromatic heterocycles. The topological polar surface area (TPSA) is 140 Å². The number of phenolic OH excluding ortho intramolecular Hbond substituents is 1. The number of rotatable bonds is 7. The van der Waals surface area contributed by atoms with Crippen LogP contribution in [0.5, 0.6) is 17.2 Å². The molecule has 10 heteroatoms. The van der Waals surface area contributed by atoms with Gasteiger partial charge in [-0.1, -0.05) is 18.2 Å². The molecule has 5 rings (SSSR count). The van der Waals surface area contributed by atoms with Gasteiger partial charge in [0.1, 0.15) is 17.2 Å². The molecule has 0 unspecified atom stereocenters. The highest BCUT2D eigenvalue weighted by Gasteiger charge is 2.28. The van der Waals surface area contributed by atoms with E-state index in [2.05, 4.69) is 15.6 Å². The number of nitrogens with one attached hydrogen (secondary N) is 2. The van der Waals surface area contributed by atoms with Gasteiger partial charge in [-0.15, -0.1) is 0 Å². The normalized spacial score (nSPS) is 12.8. The van der Waals surface area contributed by atoms with E-state index in [1.54, 1.807) is 42.5 Å². The van der Waals surface area contributed by atoms with Gasteiger partial charge in [0.2, 0.25) is 18.6 Å². The zero-order valence-corrected chi connectivity index (χ0v) is 18.9. The first-order chi connectivity index (χ1) is 17.5. The number of amides is 2. The van der Waals surface area contributed by atoms with Crippen LogP contribution in [-0.2, 0) is 9.59 Å². The smallest absolute Gasteiger partial charge is 0.244 e. The van der Waals surface area contributed by atoms with Gasteiger partial charge in [0.25, 0.3) is 0 Å². The largest absolute Gasteiger partial charge is 0.508 e. The number of aromatic hydroxyl groups is 1. The van der Waals surface area contributed by atoms with E-state index in [4.69, 9.17) is 13.9 Å². The number of hydrogen-bond donors (Lipinski definition) is 3. The summed E-state index contributed by atoms with van der Waals surface area (Å²) in [6, 6.07) is 14.7. The summed E-state index contributed by atoms with van der Waals surface area (Å²) in [7, 11) is 0. The maximum absolute atomic E-state index is 13.3. The van der Waals surface area contributed by atoms with Crippen molar-refractivity contribution in [2.45, 2.75) is 12.3 Å². The average molecular weight is 487 g/mol. The number of pyridine rings is 1. The summed E-state index contributed by atoms with van der Waals surface area (Å²) in [6.07, 6.45) is 2.58. The third kappa shape index (κ3) is 4.69. The number of nitrogens with zero attached hydrogens (tertiary/aromatic N) is 1. The minimum Gasteiger partial charge on any atom is -0.508 e. The molecule has 0 radical (unpaired) electrons. The predicted molar refractivity (Wildman–Crippen MR) is 129 cm³/mol. The van der Waals surface area contributed by atoms with Gasteiger partial charge in [-0.3, -0.25) is 14.4 Å². The molecule has 3 heterocycles. The Labute approximate surface area is 204 Å². The van der Waals surface area contributed by atoms with Crippen molar-refractivity contribution in [2.24, 2.45) is 0 Å². The van der Waals surface area contributed by atoms with E-state index in [1.807, 2.05) is 0 Å². The minimum atomic E-state index is -0.890. The van der Waals surface area contributed by atoms with Gasteiger partial charge in [-0.25, -0.2) is 4.98 Å². The molecular weight excluding hydrogens is 466 g/mol. The molecule has 1 aliphatic heterocycles. The Morgan fingerprint density at radius 1 is 1.00 bits per heavy atom. The maximum Gasteiger partial charge on any atom is 0.244 e. The SMILES string of the molecule is O=C(C[C@H](c1cc2c(cc1O)OCO2)c1coc2ccccc2c1=O)NCC(=O)Nc1ccccn1. The van der Waals surface area contributed by atoms with Crippen LogP contribution >= 0.6 is 0 Å². The fourth-order valence-corrected chi connectivity index (χ4v) is 4.01. The number of hydrogen-bond acceptors (Lipinski definition) is 8. The van der Waals surface area contributed by atoms with Crippen molar-refractivity contribution in [3.63, 3.8) is 0 Å². The van der Waals surface area contributed by atoms with E-state index >= 15 is 0 Å². The van der Waals surface area contributed by atoms with E-state index in [0.717, 1.165) is 0 Å². The van der Waals surface area contributed by atoms with Gasteiger partial charge in [-0.05, 0) is 30.3 Å². The van der Waals surface area contributed by atoms with Crippen molar-refractivity contribution >= 4 is 28.6 Å². The third-order valence-corrected chi connectivity index (χ3v) is 5.75. The second kappa shape index (κ2) is 9.79. The van der Waals surface area contributed by atoms with Gasteiger partial charge < -0.3 is 29.6 Å². The molecule has 3 N–H and O–H groups in total. The highest BCUT2D eigenvalue weighted by molar-refractivity contribution is 5.94. The van der Waals surface area contributed by atoms with Crippen LogP contribution in [0.4, 0.5) is 5.82 Å². The molecule has 1 aliphatic rings. The Balaban J connectivity index is 1.42. The lowest BCUT2D eigenvalue weighted by atomic mass is 9.87. The van der Waals surface area contributed by atoms with Crippen LogP contribution in [0.1, 0.15) is 23.5 Å². The summed E-state index contributed by atoms with van der Waals surface area (Å²) >= 11 is 0. The monoisotopic (exact) mass is 487 g/mol. The van der Waals surface area contributed by atoms with Gasteiger partial charge in [0.15, 0.2) is 16.9 Å². The summed E-state index contributed by atoms with van der Waals surface area (Å²) in [6.45, 7) is -0.311. The van der Waals surface area contributed by atoms with Crippen molar-refractivity contribution < 1.29 is 28.6 Å². The Morgan fingerprint density at radius 2 is 1.78 bits per heavy atom. The fraction of sp³-hybridized carbons (Fsp3) is 0.154. The molecule has 0 saturated carbocycles. The fourth-order valence-electron chi connectivity index (χ4n) is 4.01. The molecular formula is C26H21N3O7. The van der Waals surface area contributed by atoms with Crippen molar-refractivity contribution in [3.05, 3.63) is 88.4 Å². The molecule has 2 aromatic carbocycles. The molecule has 0 bridgehead atoms. The molecule has 4 aromatic rings. The van der Waals surface area contributed by atoms with Crippen LogP contribution in [0.2, 0.25) is 0 Å². The molecule has 0 saturated heterocycles. The van der Waals surface area contributed by atoms with E-state index in [-0.39, 0.29) is 42.1 Å². The molecule has 0 aliphatic carbocycles. The number of fused-ring (bicyclic) bond motifs is 2. The summed E-state index contributed by atoms with van der Waals surface area (Å²) < 4.78 is 16.4. The zero-order chi connectivity index (χ0) is 25.1. The van der Waals surface area contributed by atoms with Crippen LogP contribution in [0.15, 0.2) is 76.3 Å². The van der Waals surface area contributed by atoms with Crippen molar-refractivity contribution in [3.8, 4) is 17.2 Å². The first-order valence-corrected chi connectivity index (χ1v) is 11.1. The standard InChI is InChI=1S/C26H21N3O7/c30-19-11-22-21(35-14-36-22)9-17(19)16(18-13-34-20-6-2-1-5-15(20)26(18)33)10-24(31)28-12-25(32)29-23-7-3-4-8-27-23/h1-9,11,13,16,30H,10,12,14H2,(H,28,31)(H,27,29,32)/t16-/m1/s1. The van der Waals surface area contributed by atoms with Gasteiger partial charge >= 0.3 is 0 Å². The van der Waals surface area contributed by atoms with E-state index in [0.29, 0.717) is 28.3 Å². The van der Waals surface area contributed by atoms with Crippen LogP contribution < -0.4 is 25.5 Å². The first kappa shape index (κ1) is 22.9. The summed E-state index contributed by atoms with van der Waals surface area (Å²) in [4.78, 5) is 42.5. The average Bonchev–Trinajstić information content (AvgIpc) is 3.34. The number of para-hydroxylation sites is 1. The highest BCUT2D eigenvalue weighted by Crippen LogP contribution is 2.42. The molecule has 2 amide bonds. The van der Waals surface area contributed by atoms with E-state index < -0.39 is 17.7 Å². The second-order valence-electron chi connectivity index (χ2n) is 8.08. The summed E-state index contributed by atoms with van der Waals surface area (Å²) in [5.41, 5.74) is 0.529. The van der Waals surface area contributed by atoms with Crippen LogP contribution in [0, 0.1) is 0 Å². The first-order valence-electron chi connectivity index (χ1n) is 11.1. The van der Waals surface area contributed by atoms with E-state index in [9.17, 15) is 19.5 Å². The Morgan fingerprint density at radius 3 is 2.58 bits per heavy atom. The third-order valence-electron chi connectivity index (χ3n) is 5.75. The number of ether oxygens (including phenoxy) is 2. The van der Waals surface area contributed by atoms with E-state index in [1.165, 1.54) is 24.6 Å². The van der Waals surface area contributed by atoms with Crippen molar-refractivity contribution in [1.82, 2.24) is 10.3 Å². The number of phenols is 1. The zero-order valence-electron chi connectivity index (χ0n) is 18.9. The Kier molecular flexibility index (Phi) is 6.23. The molecule has 182 valence electrons. The highest BCUT2D eigenvalue weighted by atomic mass is 16.7. The van der Waals surface area contributed by atoms with Crippen LogP contribution in [-0.4, -0.2) is 35.2 Å². The molecule has 0 fully saturated rings. The molecule has 10 nitrogen and oxygen atoms in total. The van der Waals surface area contributed by atoms with Gasteiger partial charge in [-0.2, -0.15) is 0 Å². The maximum atomic E-state index is 13.3. The molecule has 1 atom stereocenters. The summed E-state index contributed by atoms with van der Waals surface area (Å²) in [5.74, 6) is -0.940. The number of carbonyl (C=O) groups excluding carboxylic acids is 2. The quantitative estimate of drug-likeness (QED) is 0.362. The molecule has 36 heavy (non-hydrogen) atoms. The minimum absolute atomic E-state index is 0.00707. The lowest BCUT2D eigenvalue weighted by Crippen LogP contribution is -2.34. The Bertz CT molecular complexity index is 1500. The number of carbonyl (C=O) groups is 2. The van der Waals surface area contributed by atoms with Crippen LogP contribution in [0.25, 0.3) is 11.0 Å². The number of anilines is 1. The van der Waals surface area contributed by atoms with Crippen LogP contribution in [0.3, 0.4) is 0 Å². The lowest BCUT2D eigenvalue weighted by Gasteiger charge is -2.19. The van der Waals surface area contributed by atoms with Gasteiger partial charge in [0.05, 0.1) is 18.2 Å². The van der Waals surface area contributed by atoms with Crippen molar-refractivity contribution in [1.29, 1.82) is 0 Å². The number of benzene rings is 2. The van der Waals surface area contributed by atoms with Crippen molar-refractivity contribution in [2.75, 3.05) is 18.7 Å². The number of aromatic nitrogens is 1. The Hall–Kier alpha value is -4.86.